The highest BCUT2D eigenvalue weighted by Crippen LogP contribution is 2.43. The lowest BCUT2D eigenvalue weighted by Gasteiger charge is -2.34. The monoisotopic (exact) mass is 392 g/mol. The molecule has 1 N–H and O–H groups in total. The molecule has 1 fully saturated rings. The third kappa shape index (κ3) is 4.44. The van der Waals surface area contributed by atoms with E-state index in [1.807, 2.05) is 0 Å². The summed E-state index contributed by atoms with van der Waals surface area (Å²) in [6.45, 7) is 16.0. The van der Waals surface area contributed by atoms with E-state index in [1.54, 1.807) is 40.7 Å². The molecule has 0 aromatic carbocycles. The van der Waals surface area contributed by atoms with Gasteiger partial charge in [0.2, 0.25) is 5.60 Å². The number of carbonyl (C=O) groups excluding carboxylic acids is 1. The molecule has 0 saturated carbocycles. The van der Waals surface area contributed by atoms with Gasteiger partial charge in [-0.05, 0) is 34.6 Å². The summed E-state index contributed by atoms with van der Waals surface area (Å²) in [6, 6.07) is 0. The Morgan fingerprint density at radius 2 is 2.11 bits per heavy atom. The molecule has 2 heterocycles. The quantitative estimate of drug-likeness (QED) is 0.453. The first-order valence-corrected chi connectivity index (χ1v) is 9.06. The summed E-state index contributed by atoms with van der Waals surface area (Å²) in [7, 11) is 0. The summed E-state index contributed by atoms with van der Waals surface area (Å²) in [5, 5.41) is 0. The van der Waals surface area contributed by atoms with Crippen molar-refractivity contribution in [2.75, 3.05) is 0 Å². The zero-order chi connectivity index (χ0) is 21.3. The second-order valence-corrected chi connectivity index (χ2v) is 7.98. The van der Waals surface area contributed by atoms with Crippen LogP contribution in [-0.4, -0.2) is 32.8 Å². The van der Waals surface area contributed by atoms with E-state index >= 15 is 0 Å². The molecule has 0 spiro atoms. The lowest BCUT2D eigenvalue weighted by atomic mass is 9.92. The number of allylic oxidation sites excluding steroid dienone is 1. The van der Waals surface area contributed by atoms with Gasteiger partial charge in [0.15, 0.2) is 0 Å². The first-order chi connectivity index (χ1) is 12.9. The Kier molecular flexibility index (Phi) is 6.03. The van der Waals surface area contributed by atoms with E-state index in [0.29, 0.717) is 11.3 Å². The average Bonchev–Trinajstić information content (AvgIpc) is 2.88. The number of nitrogens with one attached hydrogen (secondary N) is 1. The second-order valence-electron chi connectivity index (χ2n) is 7.98. The number of aromatic amines is 1. The predicted molar refractivity (Wildman–Crippen MR) is 104 cm³/mol. The highest BCUT2D eigenvalue weighted by atomic mass is 16.6. The maximum absolute atomic E-state index is 13.1. The van der Waals surface area contributed by atoms with Crippen LogP contribution in [0.2, 0.25) is 0 Å². The van der Waals surface area contributed by atoms with Crippen molar-refractivity contribution < 1.29 is 19.0 Å². The lowest BCUT2D eigenvalue weighted by molar-refractivity contribution is -0.194. The minimum Gasteiger partial charge on any atom is -0.492 e. The minimum atomic E-state index is -1.50. The van der Waals surface area contributed by atoms with E-state index in [0.717, 1.165) is 0 Å². The van der Waals surface area contributed by atoms with Crippen molar-refractivity contribution in [1.29, 1.82) is 0 Å². The van der Waals surface area contributed by atoms with Crippen molar-refractivity contribution in [2.45, 2.75) is 71.0 Å². The Morgan fingerprint density at radius 1 is 1.46 bits per heavy atom. The van der Waals surface area contributed by atoms with Crippen LogP contribution in [0.5, 0.6) is 0 Å². The van der Waals surface area contributed by atoms with Gasteiger partial charge in [0.1, 0.15) is 17.9 Å². The van der Waals surface area contributed by atoms with Crippen LogP contribution in [0.1, 0.15) is 52.3 Å². The van der Waals surface area contributed by atoms with E-state index < -0.39 is 40.8 Å². The normalized spacial score (nSPS) is 24.6. The molecule has 154 valence electrons. The molecule has 0 radical (unpaired) electrons. The Hall–Kier alpha value is -2.61. The molecule has 1 aliphatic heterocycles. The third-order valence-electron chi connectivity index (χ3n) is 4.27. The van der Waals surface area contributed by atoms with Gasteiger partial charge in [0, 0.05) is 24.6 Å². The maximum atomic E-state index is 13.1. The largest absolute Gasteiger partial charge is 0.492 e. The van der Waals surface area contributed by atoms with Crippen LogP contribution < -0.4 is 11.2 Å². The number of esters is 1. The van der Waals surface area contributed by atoms with Crippen LogP contribution in [0.25, 0.3) is 0 Å². The maximum Gasteiger partial charge on any atom is 0.343 e. The fraction of sp³-hybridized carbons (Fsp3) is 0.550. The van der Waals surface area contributed by atoms with Crippen LogP contribution >= 0.6 is 0 Å². The van der Waals surface area contributed by atoms with Crippen molar-refractivity contribution in [3.63, 3.8) is 0 Å². The number of H-pyrrole nitrogens is 1. The fourth-order valence-corrected chi connectivity index (χ4v) is 3.12. The fourth-order valence-electron chi connectivity index (χ4n) is 3.12. The molecule has 0 aliphatic carbocycles. The lowest BCUT2D eigenvalue weighted by Crippen LogP contribution is -2.51. The Bertz CT molecular complexity index is 891. The van der Waals surface area contributed by atoms with Crippen molar-refractivity contribution in [3.05, 3.63) is 57.6 Å². The average molecular weight is 392 g/mol. The number of ether oxygens (including phenoxy) is 3. The van der Waals surface area contributed by atoms with E-state index in [2.05, 4.69) is 18.1 Å². The van der Waals surface area contributed by atoms with Crippen LogP contribution in [-0.2, 0) is 19.0 Å². The molecular formula is C20H28N2O6. The molecule has 1 aromatic rings. The highest BCUT2D eigenvalue weighted by molar-refractivity contribution is 5.81. The molecule has 3 atom stereocenters. The summed E-state index contributed by atoms with van der Waals surface area (Å²) in [6.07, 6.45) is 1.67. The van der Waals surface area contributed by atoms with E-state index in [4.69, 9.17) is 14.2 Å². The summed E-state index contributed by atoms with van der Waals surface area (Å²) >= 11 is 0. The molecule has 2 rings (SSSR count). The first-order valence-electron chi connectivity index (χ1n) is 9.06. The van der Waals surface area contributed by atoms with E-state index in [1.165, 1.54) is 10.8 Å². The zero-order valence-electron chi connectivity index (χ0n) is 17.0. The second kappa shape index (κ2) is 7.79. The van der Waals surface area contributed by atoms with Crippen LogP contribution in [0.15, 0.2) is 40.8 Å². The van der Waals surface area contributed by atoms with Crippen LogP contribution in [0.3, 0.4) is 0 Å². The molecule has 1 aliphatic rings. The van der Waals surface area contributed by atoms with Gasteiger partial charge in [0.05, 0.1) is 5.76 Å². The summed E-state index contributed by atoms with van der Waals surface area (Å²) in [5.41, 5.74) is -3.00. The van der Waals surface area contributed by atoms with Crippen molar-refractivity contribution in [3.8, 4) is 0 Å². The smallest absolute Gasteiger partial charge is 0.343 e. The molecular weight excluding hydrogens is 364 g/mol. The van der Waals surface area contributed by atoms with Gasteiger partial charge in [-0.1, -0.05) is 12.7 Å². The van der Waals surface area contributed by atoms with Crippen molar-refractivity contribution in [2.24, 2.45) is 0 Å². The van der Waals surface area contributed by atoms with Gasteiger partial charge in [-0.2, -0.15) is 0 Å². The number of nitrogens with zero attached hydrogens (tertiary/aromatic N) is 1. The van der Waals surface area contributed by atoms with Crippen molar-refractivity contribution >= 4 is 5.97 Å². The van der Waals surface area contributed by atoms with Gasteiger partial charge < -0.3 is 14.2 Å². The zero-order valence-corrected chi connectivity index (χ0v) is 17.0. The van der Waals surface area contributed by atoms with Crippen molar-refractivity contribution in [1.82, 2.24) is 9.55 Å². The molecule has 8 nitrogen and oxygen atoms in total. The van der Waals surface area contributed by atoms with Gasteiger partial charge in [-0.25, -0.2) is 9.59 Å². The SMILES string of the molecule is C=CC[C@@]1(C(=O)OC(C)(C)C)O[C@@H](n2cc(C)c(=O)[nH]c2=O)C[C@@H]1OC(=C)C. The topological polar surface area (TPSA) is 99.6 Å². The molecule has 0 bridgehead atoms. The van der Waals surface area contributed by atoms with E-state index in [9.17, 15) is 14.4 Å². The Labute approximate surface area is 163 Å². The summed E-state index contributed by atoms with van der Waals surface area (Å²) in [5.74, 6) is -0.209. The predicted octanol–water partition coefficient (Wildman–Crippen LogP) is 2.34. The summed E-state index contributed by atoms with van der Waals surface area (Å²) in [4.78, 5) is 39.3. The van der Waals surface area contributed by atoms with Crippen LogP contribution in [0, 0.1) is 6.92 Å². The Balaban J connectivity index is 2.52. The van der Waals surface area contributed by atoms with Gasteiger partial charge in [-0.3, -0.25) is 14.3 Å². The number of rotatable bonds is 6. The summed E-state index contributed by atoms with van der Waals surface area (Å²) < 4.78 is 18.7. The molecule has 0 amide bonds. The van der Waals surface area contributed by atoms with Gasteiger partial charge >= 0.3 is 11.7 Å². The molecule has 28 heavy (non-hydrogen) atoms. The number of aryl methyl sites for hydroxylation is 1. The minimum absolute atomic E-state index is 0.118. The standard InChI is InChI=1S/C20H28N2O6/c1-8-9-20(17(24)28-19(5,6)7)14(26-12(2)3)10-15(27-20)22-11-13(4)16(23)21-18(22)25/h8,11,14-15H,1-2,9-10H2,3-7H3,(H,21,23,25)/t14-,15+,20+/m0/s1. The van der Waals surface area contributed by atoms with Gasteiger partial charge in [0.25, 0.3) is 5.56 Å². The molecule has 8 heteroatoms. The number of hydrogen-bond acceptors (Lipinski definition) is 6. The first kappa shape index (κ1) is 21.7. The molecule has 0 unspecified atom stereocenters. The Morgan fingerprint density at radius 3 is 2.64 bits per heavy atom. The third-order valence-corrected chi connectivity index (χ3v) is 4.27. The number of aromatic nitrogens is 2. The van der Waals surface area contributed by atoms with E-state index in [-0.39, 0.29) is 12.8 Å². The molecule has 1 aromatic heterocycles. The number of carbonyl (C=O) groups is 1. The number of hydrogen-bond donors (Lipinski definition) is 1. The van der Waals surface area contributed by atoms with Crippen LogP contribution in [0.4, 0.5) is 0 Å². The van der Waals surface area contributed by atoms with Gasteiger partial charge in [-0.15, -0.1) is 6.58 Å². The molecule has 1 saturated heterocycles. The highest BCUT2D eigenvalue weighted by Gasteiger charge is 2.57.